The summed E-state index contributed by atoms with van der Waals surface area (Å²) in [7, 11) is 0. The van der Waals surface area contributed by atoms with E-state index in [2.05, 4.69) is 10.6 Å². The Morgan fingerprint density at radius 2 is 1.86 bits per heavy atom. The molecule has 0 spiro atoms. The van der Waals surface area contributed by atoms with Crippen molar-refractivity contribution in [1.82, 2.24) is 0 Å². The number of esters is 1. The van der Waals surface area contributed by atoms with Gasteiger partial charge in [0.2, 0.25) is 5.91 Å². The van der Waals surface area contributed by atoms with Crippen LogP contribution < -0.4 is 10.6 Å². The molecule has 0 atom stereocenters. The highest BCUT2D eigenvalue weighted by Gasteiger charge is 2.30. The molecule has 1 aromatic heterocycles. The molecule has 0 bridgehead atoms. The highest BCUT2D eigenvalue weighted by molar-refractivity contribution is 7.19. The highest BCUT2D eigenvalue weighted by Crippen LogP contribution is 2.36. The van der Waals surface area contributed by atoms with Crippen LogP contribution in [-0.4, -0.2) is 24.4 Å². The third-order valence-electron chi connectivity index (χ3n) is 4.94. The molecule has 0 aliphatic heterocycles. The number of hydrogen-bond acceptors (Lipinski definition) is 5. The van der Waals surface area contributed by atoms with Crippen LogP contribution in [0.5, 0.6) is 0 Å². The van der Waals surface area contributed by atoms with Crippen molar-refractivity contribution in [3.05, 3.63) is 45.8 Å². The fourth-order valence-electron chi connectivity index (χ4n) is 3.04. The van der Waals surface area contributed by atoms with Gasteiger partial charge in [-0.05, 0) is 50.8 Å². The molecule has 6 nitrogen and oxygen atoms in total. The van der Waals surface area contributed by atoms with E-state index in [1.807, 2.05) is 31.2 Å². The molecule has 2 amide bonds. The van der Waals surface area contributed by atoms with Gasteiger partial charge in [-0.1, -0.05) is 24.6 Å². The molecule has 1 aliphatic rings. The van der Waals surface area contributed by atoms with E-state index in [4.69, 9.17) is 4.74 Å². The minimum absolute atomic E-state index is 0.0262. The molecule has 1 heterocycles. The van der Waals surface area contributed by atoms with Crippen molar-refractivity contribution in [3.8, 4) is 0 Å². The summed E-state index contributed by atoms with van der Waals surface area (Å²) >= 11 is 1.11. The van der Waals surface area contributed by atoms with Gasteiger partial charge in [-0.2, -0.15) is 0 Å². The minimum atomic E-state index is -0.532. The molecule has 2 N–H and O–H groups in total. The van der Waals surface area contributed by atoms with Gasteiger partial charge in [-0.25, -0.2) is 4.79 Å². The molecule has 0 saturated heterocycles. The Kier molecular flexibility index (Phi) is 6.14. The number of hydrogen-bond donors (Lipinski definition) is 2. The molecule has 1 fully saturated rings. The van der Waals surface area contributed by atoms with Crippen LogP contribution in [0.3, 0.4) is 0 Å². The Hall–Kier alpha value is -2.67. The number of thiophene rings is 1. The Balaban J connectivity index is 1.91. The van der Waals surface area contributed by atoms with Crippen molar-refractivity contribution in [1.29, 1.82) is 0 Å². The zero-order valence-corrected chi connectivity index (χ0v) is 17.1. The van der Waals surface area contributed by atoms with Crippen LogP contribution in [0.2, 0.25) is 0 Å². The summed E-state index contributed by atoms with van der Waals surface area (Å²) in [6.45, 7) is 5.55. The Bertz CT molecular complexity index is 915. The smallest absolute Gasteiger partial charge is 0.341 e. The second-order valence-electron chi connectivity index (χ2n) is 6.87. The Morgan fingerprint density at radius 3 is 2.46 bits per heavy atom. The van der Waals surface area contributed by atoms with Crippen LogP contribution in [0.15, 0.2) is 24.3 Å². The maximum absolute atomic E-state index is 12.9. The van der Waals surface area contributed by atoms with E-state index in [1.165, 1.54) is 0 Å². The van der Waals surface area contributed by atoms with Gasteiger partial charge >= 0.3 is 5.97 Å². The predicted molar refractivity (Wildman–Crippen MR) is 110 cm³/mol. The summed E-state index contributed by atoms with van der Waals surface area (Å²) in [5.74, 6) is -0.979. The van der Waals surface area contributed by atoms with Crippen molar-refractivity contribution in [2.24, 2.45) is 5.92 Å². The van der Waals surface area contributed by atoms with Crippen LogP contribution in [0.1, 0.15) is 57.3 Å². The van der Waals surface area contributed by atoms with Crippen molar-refractivity contribution >= 4 is 39.8 Å². The molecule has 1 saturated carbocycles. The van der Waals surface area contributed by atoms with E-state index in [0.717, 1.165) is 36.2 Å². The van der Waals surface area contributed by atoms with Gasteiger partial charge in [0.1, 0.15) is 5.00 Å². The van der Waals surface area contributed by atoms with E-state index in [0.29, 0.717) is 21.1 Å². The van der Waals surface area contributed by atoms with Crippen molar-refractivity contribution in [3.63, 3.8) is 0 Å². The lowest BCUT2D eigenvalue weighted by atomic mass is 9.85. The molecule has 0 unspecified atom stereocenters. The lowest BCUT2D eigenvalue weighted by molar-refractivity contribution is -0.122. The summed E-state index contributed by atoms with van der Waals surface area (Å²) < 4.78 is 5.15. The van der Waals surface area contributed by atoms with Crippen molar-refractivity contribution in [2.75, 3.05) is 17.2 Å². The Morgan fingerprint density at radius 1 is 1.14 bits per heavy atom. The number of amides is 2. The van der Waals surface area contributed by atoms with Gasteiger partial charge in [0.05, 0.1) is 17.0 Å². The maximum atomic E-state index is 12.9. The number of rotatable bonds is 6. The van der Waals surface area contributed by atoms with Gasteiger partial charge in [-0.3, -0.25) is 9.59 Å². The molecule has 1 aromatic carbocycles. The lowest BCUT2D eigenvalue weighted by Gasteiger charge is -2.23. The SMILES string of the molecule is CCOC(=O)c1c(NC(=O)C2CCC2)sc(C(=O)Nc2ccccc2C)c1C. The van der Waals surface area contributed by atoms with E-state index < -0.39 is 5.97 Å². The van der Waals surface area contributed by atoms with Crippen LogP contribution in [0, 0.1) is 19.8 Å². The minimum Gasteiger partial charge on any atom is -0.462 e. The summed E-state index contributed by atoms with van der Waals surface area (Å²) in [5.41, 5.74) is 2.42. The molecule has 28 heavy (non-hydrogen) atoms. The van der Waals surface area contributed by atoms with Gasteiger partial charge in [0, 0.05) is 11.6 Å². The standard InChI is InChI=1S/C21H24N2O4S/c1-4-27-21(26)16-13(3)17(19(25)22-15-11-6-5-8-12(15)2)28-20(16)23-18(24)14-9-7-10-14/h5-6,8,11,14H,4,7,9-10H2,1-3H3,(H,22,25)(H,23,24). The number of benzene rings is 1. The Labute approximate surface area is 168 Å². The second-order valence-corrected chi connectivity index (χ2v) is 7.89. The van der Waals surface area contributed by atoms with E-state index in [1.54, 1.807) is 13.8 Å². The number of nitrogens with one attached hydrogen (secondary N) is 2. The average Bonchev–Trinajstić information content (AvgIpc) is 2.91. The van der Waals surface area contributed by atoms with Gasteiger partial charge in [0.25, 0.3) is 5.91 Å². The van der Waals surface area contributed by atoms with Crippen molar-refractivity contribution in [2.45, 2.75) is 40.0 Å². The number of anilines is 2. The largest absolute Gasteiger partial charge is 0.462 e. The fraction of sp³-hybridized carbons (Fsp3) is 0.381. The van der Waals surface area contributed by atoms with Gasteiger partial charge in [0.15, 0.2) is 0 Å². The maximum Gasteiger partial charge on any atom is 0.341 e. The molecule has 148 valence electrons. The lowest BCUT2D eigenvalue weighted by Crippen LogP contribution is -2.28. The van der Waals surface area contributed by atoms with Gasteiger partial charge in [-0.15, -0.1) is 11.3 Å². The first-order valence-electron chi connectivity index (χ1n) is 9.40. The summed E-state index contributed by atoms with van der Waals surface area (Å²) in [5, 5.41) is 6.10. The summed E-state index contributed by atoms with van der Waals surface area (Å²) in [6, 6.07) is 7.47. The quantitative estimate of drug-likeness (QED) is 0.698. The normalized spacial score (nSPS) is 13.5. The first-order valence-corrected chi connectivity index (χ1v) is 10.2. The van der Waals surface area contributed by atoms with E-state index >= 15 is 0 Å². The molecule has 0 radical (unpaired) electrons. The second kappa shape index (κ2) is 8.56. The molecular formula is C21H24N2O4S. The fourth-order valence-corrected chi connectivity index (χ4v) is 4.14. The number of ether oxygens (including phenoxy) is 1. The molecule has 7 heteroatoms. The number of aryl methyl sites for hydroxylation is 1. The van der Waals surface area contributed by atoms with Crippen LogP contribution in [0.25, 0.3) is 0 Å². The van der Waals surface area contributed by atoms with E-state index in [-0.39, 0.29) is 29.9 Å². The zero-order valence-electron chi connectivity index (χ0n) is 16.3. The zero-order chi connectivity index (χ0) is 20.3. The molecule has 3 rings (SSSR count). The predicted octanol–water partition coefficient (Wildman–Crippen LogP) is 4.53. The molecular weight excluding hydrogens is 376 g/mol. The first kappa shape index (κ1) is 20.1. The number of para-hydroxylation sites is 1. The van der Waals surface area contributed by atoms with E-state index in [9.17, 15) is 14.4 Å². The van der Waals surface area contributed by atoms with Crippen LogP contribution in [0.4, 0.5) is 10.7 Å². The van der Waals surface area contributed by atoms with Gasteiger partial charge < -0.3 is 15.4 Å². The van der Waals surface area contributed by atoms with Crippen molar-refractivity contribution < 1.29 is 19.1 Å². The third kappa shape index (κ3) is 4.09. The monoisotopic (exact) mass is 400 g/mol. The third-order valence-corrected chi connectivity index (χ3v) is 6.14. The molecule has 1 aliphatic carbocycles. The number of carbonyl (C=O) groups is 3. The topological polar surface area (TPSA) is 84.5 Å². The van der Waals surface area contributed by atoms with Crippen LogP contribution >= 0.6 is 11.3 Å². The summed E-state index contributed by atoms with van der Waals surface area (Å²) in [4.78, 5) is 38.1. The highest BCUT2D eigenvalue weighted by atomic mass is 32.1. The van der Waals surface area contributed by atoms with Crippen LogP contribution in [-0.2, 0) is 9.53 Å². The summed E-state index contributed by atoms with van der Waals surface area (Å²) in [6.07, 6.45) is 2.74. The first-order chi connectivity index (χ1) is 13.4. The number of carbonyl (C=O) groups excluding carboxylic acids is 3. The molecule has 2 aromatic rings. The average molecular weight is 401 g/mol.